The lowest BCUT2D eigenvalue weighted by atomic mass is 10.4. The van der Waals surface area contributed by atoms with Gasteiger partial charge in [0.2, 0.25) is 5.91 Å². The third-order valence-electron chi connectivity index (χ3n) is 2.50. The molecular weight excluding hydrogens is 192 g/mol. The lowest BCUT2D eigenvalue weighted by Gasteiger charge is -2.05. The van der Waals surface area contributed by atoms with Crippen molar-refractivity contribution in [1.29, 1.82) is 0 Å². The summed E-state index contributed by atoms with van der Waals surface area (Å²) in [6.07, 6.45) is 4.26. The standard InChI is InChI=1S/C10H16N4O/c1-14-9(4-5-12-14)13-10(15)7-11-6-8-2-3-8/h4-5,8,11H,2-3,6-7H2,1H3,(H,13,15). The van der Waals surface area contributed by atoms with E-state index < -0.39 is 0 Å². The summed E-state index contributed by atoms with van der Waals surface area (Å²) in [6, 6.07) is 1.78. The molecule has 0 atom stereocenters. The van der Waals surface area contributed by atoms with Gasteiger partial charge < -0.3 is 10.6 Å². The van der Waals surface area contributed by atoms with E-state index in [-0.39, 0.29) is 5.91 Å². The van der Waals surface area contributed by atoms with Crippen LogP contribution >= 0.6 is 0 Å². The minimum Gasteiger partial charge on any atom is -0.310 e. The second-order valence-electron chi connectivity index (χ2n) is 3.96. The van der Waals surface area contributed by atoms with Crippen LogP contribution in [0.4, 0.5) is 5.82 Å². The summed E-state index contributed by atoms with van der Waals surface area (Å²) in [7, 11) is 1.80. The van der Waals surface area contributed by atoms with Crippen molar-refractivity contribution < 1.29 is 4.79 Å². The first-order valence-corrected chi connectivity index (χ1v) is 5.24. The van der Waals surface area contributed by atoms with E-state index in [9.17, 15) is 4.79 Å². The Bertz CT molecular complexity index is 343. The SMILES string of the molecule is Cn1nccc1NC(=O)CNCC1CC1. The molecule has 0 spiro atoms. The van der Waals surface area contributed by atoms with Crippen LogP contribution in [0.3, 0.4) is 0 Å². The Labute approximate surface area is 88.8 Å². The normalized spacial score (nSPS) is 15.3. The van der Waals surface area contributed by atoms with Crippen molar-refractivity contribution in [2.24, 2.45) is 13.0 Å². The number of nitrogens with zero attached hydrogens (tertiary/aromatic N) is 2. The number of carbonyl (C=O) groups excluding carboxylic acids is 1. The molecule has 5 heteroatoms. The van der Waals surface area contributed by atoms with Crippen LogP contribution in [0.5, 0.6) is 0 Å². The van der Waals surface area contributed by atoms with Gasteiger partial charge in [0.15, 0.2) is 0 Å². The van der Waals surface area contributed by atoms with Gasteiger partial charge in [-0.3, -0.25) is 9.48 Å². The topological polar surface area (TPSA) is 59.0 Å². The van der Waals surface area contributed by atoms with Gasteiger partial charge in [0.05, 0.1) is 12.7 Å². The molecule has 1 saturated carbocycles. The molecule has 1 aromatic rings. The number of aryl methyl sites for hydroxylation is 1. The molecule has 1 heterocycles. The summed E-state index contributed by atoms with van der Waals surface area (Å²) in [5.41, 5.74) is 0. The minimum atomic E-state index is -0.0146. The fourth-order valence-corrected chi connectivity index (χ4v) is 1.40. The molecule has 0 aromatic carbocycles. The minimum absolute atomic E-state index is 0.0146. The fraction of sp³-hybridized carbons (Fsp3) is 0.600. The van der Waals surface area contributed by atoms with E-state index in [4.69, 9.17) is 0 Å². The number of anilines is 1. The van der Waals surface area contributed by atoms with Gasteiger partial charge in [-0.05, 0) is 25.3 Å². The summed E-state index contributed by atoms with van der Waals surface area (Å²) in [4.78, 5) is 11.4. The summed E-state index contributed by atoms with van der Waals surface area (Å²) in [5, 5.41) is 9.89. The Hall–Kier alpha value is -1.36. The van der Waals surface area contributed by atoms with Crippen LogP contribution in [0, 0.1) is 5.92 Å². The van der Waals surface area contributed by atoms with Gasteiger partial charge in [0.25, 0.3) is 0 Å². The molecule has 0 aliphatic heterocycles. The number of nitrogens with one attached hydrogen (secondary N) is 2. The smallest absolute Gasteiger partial charge is 0.239 e. The van der Waals surface area contributed by atoms with Gasteiger partial charge in [-0.15, -0.1) is 0 Å². The molecule has 1 aliphatic carbocycles. The van der Waals surface area contributed by atoms with Crippen molar-refractivity contribution in [1.82, 2.24) is 15.1 Å². The molecule has 2 N–H and O–H groups in total. The number of rotatable bonds is 5. The van der Waals surface area contributed by atoms with Gasteiger partial charge in [0, 0.05) is 13.1 Å². The van der Waals surface area contributed by atoms with E-state index in [1.807, 2.05) is 0 Å². The summed E-state index contributed by atoms with van der Waals surface area (Å²) in [6.45, 7) is 1.33. The maximum atomic E-state index is 11.4. The van der Waals surface area contributed by atoms with E-state index >= 15 is 0 Å². The Morgan fingerprint density at radius 3 is 3.07 bits per heavy atom. The van der Waals surface area contributed by atoms with Crippen LogP contribution in [0.1, 0.15) is 12.8 Å². The van der Waals surface area contributed by atoms with Crippen molar-refractivity contribution >= 4 is 11.7 Å². The Kier molecular flexibility index (Phi) is 3.01. The van der Waals surface area contributed by atoms with E-state index in [2.05, 4.69) is 15.7 Å². The van der Waals surface area contributed by atoms with Crippen molar-refractivity contribution in [2.45, 2.75) is 12.8 Å². The van der Waals surface area contributed by atoms with Gasteiger partial charge >= 0.3 is 0 Å². The Morgan fingerprint density at radius 1 is 1.67 bits per heavy atom. The highest BCUT2D eigenvalue weighted by molar-refractivity contribution is 5.91. The largest absolute Gasteiger partial charge is 0.310 e. The second-order valence-corrected chi connectivity index (χ2v) is 3.96. The third-order valence-corrected chi connectivity index (χ3v) is 2.50. The quantitative estimate of drug-likeness (QED) is 0.734. The van der Waals surface area contributed by atoms with Crippen molar-refractivity contribution in [3.8, 4) is 0 Å². The van der Waals surface area contributed by atoms with Crippen LogP contribution in [0.25, 0.3) is 0 Å². The van der Waals surface area contributed by atoms with Crippen LogP contribution in [-0.4, -0.2) is 28.8 Å². The predicted octanol–water partition coefficient (Wildman–Crippen LogP) is 0.358. The number of hydrogen-bond donors (Lipinski definition) is 2. The molecule has 82 valence electrons. The predicted molar refractivity (Wildman–Crippen MR) is 57.4 cm³/mol. The zero-order valence-electron chi connectivity index (χ0n) is 8.86. The molecule has 1 fully saturated rings. The molecule has 5 nitrogen and oxygen atoms in total. The molecule has 0 radical (unpaired) electrons. The first kappa shape index (κ1) is 10.2. The third kappa shape index (κ3) is 3.06. The molecule has 0 saturated heterocycles. The number of amides is 1. The number of hydrogen-bond acceptors (Lipinski definition) is 3. The zero-order chi connectivity index (χ0) is 10.7. The lowest BCUT2D eigenvalue weighted by Crippen LogP contribution is -2.30. The van der Waals surface area contributed by atoms with Crippen molar-refractivity contribution in [2.75, 3.05) is 18.4 Å². The maximum absolute atomic E-state index is 11.4. The highest BCUT2D eigenvalue weighted by Crippen LogP contribution is 2.27. The zero-order valence-corrected chi connectivity index (χ0v) is 8.86. The summed E-state index contributed by atoms with van der Waals surface area (Å²) in [5.74, 6) is 1.52. The van der Waals surface area contributed by atoms with Crippen LogP contribution in [0.2, 0.25) is 0 Å². The van der Waals surface area contributed by atoms with E-state index in [0.29, 0.717) is 6.54 Å². The first-order chi connectivity index (χ1) is 7.25. The Balaban J connectivity index is 1.69. The van der Waals surface area contributed by atoms with Gasteiger partial charge in [-0.2, -0.15) is 5.10 Å². The lowest BCUT2D eigenvalue weighted by molar-refractivity contribution is -0.115. The van der Waals surface area contributed by atoms with Gasteiger partial charge in [0.1, 0.15) is 5.82 Å². The molecule has 1 aliphatic rings. The van der Waals surface area contributed by atoms with Crippen molar-refractivity contribution in [3.63, 3.8) is 0 Å². The molecule has 1 amide bonds. The highest BCUT2D eigenvalue weighted by atomic mass is 16.2. The van der Waals surface area contributed by atoms with Gasteiger partial charge in [-0.25, -0.2) is 0 Å². The molecule has 15 heavy (non-hydrogen) atoms. The number of carbonyl (C=O) groups is 1. The molecule has 0 bridgehead atoms. The van der Waals surface area contributed by atoms with Crippen LogP contribution in [0.15, 0.2) is 12.3 Å². The Morgan fingerprint density at radius 2 is 2.47 bits per heavy atom. The maximum Gasteiger partial charge on any atom is 0.239 e. The number of aromatic nitrogens is 2. The van der Waals surface area contributed by atoms with Crippen LogP contribution < -0.4 is 10.6 Å². The van der Waals surface area contributed by atoms with Gasteiger partial charge in [-0.1, -0.05) is 0 Å². The average molecular weight is 208 g/mol. The van der Waals surface area contributed by atoms with E-state index in [1.54, 1.807) is 24.0 Å². The monoisotopic (exact) mass is 208 g/mol. The molecular formula is C10H16N4O. The van der Waals surface area contributed by atoms with Crippen LogP contribution in [-0.2, 0) is 11.8 Å². The second kappa shape index (κ2) is 4.44. The highest BCUT2D eigenvalue weighted by Gasteiger charge is 2.20. The summed E-state index contributed by atoms with van der Waals surface area (Å²) >= 11 is 0. The summed E-state index contributed by atoms with van der Waals surface area (Å²) < 4.78 is 1.64. The average Bonchev–Trinajstić information content (AvgIpc) is 2.93. The van der Waals surface area contributed by atoms with E-state index in [1.165, 1.54) is 12.8 Å². The fourth-order valence-electron chi connectivity index (χ4n) is 1.40. The van der Waals surface area contributed by atoms with Crippen molar-refractivity contribution in [3.05, 3.63) is 12.3 Å². The first-order valence-electron chi connectivity index (χ1n) is 5.24. The van der Waals surface area contributed by atoms with E-state index in [0.717, 1.165) is 18.3 Å². The molecule has 1 aromatic heterocycles. The molecule has 2 rings (SSSR count). The molecule has 0 unspecified atom stereocenters.